The summed E-state index contributed by atoms with van der Waals surface area (Å²) in [4.78, 5) is 40.2. The SMILES string of the molecule is CC(=O)C1=C(C)C[C@]2(C)C[C@]3(C)Cc4c(-c5ccoc5)ccc(O)c4C(O)=C3C(=O)[C@]2(C)C1=O. The number of phenolic OH excluding ortho intramolecular Hbond substituents is 1. The number of benzene rings is 1. The van der Waals surface area contributed by atoms with Crippen molar-refractivity contribution in [1.29, 1.82) is 0 Å². The minimum absolute atomic E-state index is 0.0957. The van der Waals surface area contributed by atoms with Gasteiger partial charge in [-0.05, 0) is 68.7 Å². The standard InChI is InChI=1S/C28H28O6/c1-14-10-27(4)13-26(3)11-18-17(16-8-9-34-12-16)6-7-19(30)21(18)23(31)22(26)25(33)28(27,5)24(32)20(14)15(2)29/h6-9,12,30-31H,10-11,13H2,1-5H3/t26-,27+,28-/m0/s1. The molecule has 3 atom stereocenters. The predicted molar refractivity (Wildman–Crippen MR) is 126 cm³/mol. The smallest absolute Gasteiger partial charge is 0.180 e. The zero-order chi connectivity index (χ0) is 24.8. The van der Waals surface area contributed by atoms with Gasteiger partial charge >= 0.3 is 0 Å². The number of hydrogen-bond acceptors (Lipinski definition) is 6. The van der Waals surface area contributed by atoms with Gasteiger partial charge in [0, 0.05) is 16.6 Å². The Morgan fingerprint density at radius 2 is 1.74 bits per heavy atom. The van der Waals surface area contributed by atoms with Crippen molar-refractivity contribution in [2.45, 2.75) is 53.9 Å². The largest absolute Gasteiger partial charge is 0.507 e. The lowest BCUT2D eigenvalue weighted by Gasteiger charge is -2.58. The molecule has 176 valence electrons. The van der Waals surface area contributed by atoms with Crippen LogP contribution >= 0.6 is 0 Å². The first kappa shape index (κ1) is 22.4. The zero-order valence-electron chi connectivity index (χ0n) is 20.0. The molecule has 3 aliphatic rings. The van der Waals surface area contributed by atoms with Crippen molar-refractivity contribution in [3.8, 4) is 16.9 Å². The van der Waals surface area contributed by atoms with Gasteiger partial charge in [-0.2, -0.15) is 0 Å². The lowest BCUT2D eigenvalue weighted by molar-refractivity contribution is -0.152. The Morgan fingerprint density at radius 1 is 1.03 bits per heavy atom. The molecule has 1 heterocycles. The molecule has 1 aromatic heterocycles. The molecule has 2 aromatic rings. The minimum atomic E-state index is -1.48. The number of allylic oxidation sites excluding steroid dienone is 3. The average molecular weight is 461 g/mol. The van der Waals surface area contributed by atoms with Gasteiger partial charge < -0.3 is 14.6 Å². The van der Waals surface area contributed by atoms with Crippen LogP contribution in [-0.4, -0.2) is 27.6 Å². The number of ketones is 3. The third kappa shape index (κ3) is 2.59. The number of aliphatic hydroxyl groups is 1. The van der Waals surface area contributed by atoms with Crippen molar-refractivity contribution < 1.29 is 29.0 Å². The topological polar surface area (TPSA) is 105 Å². The fourth-order valence-electron chi connectivity index (χ4n) is 6.95. The summed E-state index contributed by atoms with van der Waals surface area (Å²) in [5, 5.41) is 22.2. The van der Waals surface area contributed by atoms with Crippen molar-refractivity contribution in [2.75, 3.05) is 0 Å². The highest BCUT2D eigenvalue weighted by atomic mass is 16.3. The van der Waals surface area contributed by atoms with Gasteiger partial charge in [0.05, 0.1) is 29.1 Å². The number of rotatable bonds is 2. The van der Waals surface area contributed by atoms with Crippen LogP contribution in [0.4, 0.5) is 0 Å². The molecule has 5 rings (SSSR count). The second-order valence-electron chi connectivity index (χ2n) is 10.9. The van der Waals surface area contributed by atoms with Gasteiger partial charge in [0.25, 0.3) is 0 Å². The summed E-state index contributed by atoms with van der Waals surface area (Å²) >= 11 is 0. The Balaban J connectivity index is 1.78. The first-order chi connectivity index (χ1) is 15.9. The lowest BCUT2D eigenvalue weighted by Crippen LogP contribution is -2.61. The molecule has 1 aromatic carbocycles. The number of aliphatic hydroxyl groups excluding tert-OH is 1. The monoisotopic (exact) mass is 460 g/mol. The third-order valence-electron chi connectivity index (χ3n) is 8.55. The van der Waals surface area contributed by atoms with E-state index in [2.05, 4.69) is 0 Å². The normalized spacial score (nSPS) is 30.7. The molecule has 1 fully saturated rings. The number of aromatic hydroxyl groups is 1. The first-order valence-electron chi connectivity index (χ1n) is 11.5. The Labute approximate surface area is 198 Å². The molecule has 6 nitrogen and oxygen atoms in total. The van der Waals surface area contributed by atoms with E-state index in [1.807, 2.05) is 19.9 Å². The number of Topliss-reactive ketones (excluding diaryl/α,β-unsaturated/α-hetero) is 3. The van der Waals surface area contributed by atoms with E-state index >= 15 is 0 Å². The maximum absolute atomic E-state index is 14.2. The molecule has 0 amide bonds. The van der Waals surface area contributed by atoms with Crippen LogP contribution in [0.1, 0.15) is 58.6 Å². The summed E-state index contributed by atoms with van der Waals surface area (Å²) in [6.45, 7) is 8.64. The van der Waals surface area contributed by atoms with Crippen molar-refractivity contribution in [3.05, 3.63) is 58.6 Å². The summed E-state index contributed by atoms with van der Waals surface area (Å²) in [5.74, 6) is -1.70. The Kier molecular flexibility index (Phi) is 4.48. The average Bonchev–Trinajstić information content (AvgIpc) is 3.24. The molecule has 34 heavy (non-hydrogen) atoms. The molecule has 0 aliphatic heterocycles. The van der Waals surface area contributed by atoms with Crippen LogP contribution in [0.2, 0.25) is 0 Å². The van der Waals surface area contributed by atoms with Gasteiger partial charge in [-0.3, -0.25) is 14.4 Å². The predicted octanol–water partition coefficient (Wildman–Crippen LogP) is 5.35. The van der Waals surface area contributed by atoms with Gasteiger partial charge in [0.15, 0.2) is 17.3 Å². The summed E-state index contributed by atoms with van der Waals surface area (Å²) in [6.07, 6.45) is 4.49. The van der Waals surface area contributed by atoms with Crippen LogP contribution in [-0.2, 0) is 20.8 Å². The summed E-state index contributed by atoms with van der Waals surface area (Å²) in [7, 11) is 0. The number of carbonyl (C=O) groups excluding carboxylic acids is 3. The second-order valence-corrected chi connectivity index (χ2v) is 10.9. The minimum Gasteiger partial charge on any atom is -0.507 e. The Morgan fingerprint density at radius 3 is 2.35 bits per heavy atom. The molecule has 0 bridgehead atoms. The number of fused-ring (bicyclic) bond motifs is 3. The maximum atomic E-state index is 14.2. The molecule has 0 spiro atoms. The van der Waals surface area contributed by atoms with E-state index < -0.39 is 27.8 Å². The Bertz CT molecular complexity index is 1360. The van der Waals surface area contributed by atoms with Crippen LogP contribution in [0, 0.1) is 16.2 Å². The number of hydrogen-bond donors (Lipinski definition) is 2. The van der Waals surface area contributed by atoms with E-state index in [-0.39, 0.29) is 34.0 Å². The van der Waals surface area contributed by atoms with Crippen molar-refractivity contribution in [3.63, 3.8) is 0 Å². The molecule has 2 N–H and O–H groups in total. The Hall–Kier alpha value is -3.41. The van der Waals surface area contributed by atoms with E-state index in [1.165, 1.54) is 13.0 Å². The van der Waals surface area contributed by atoms with Crippen molar-refractivity contribution in [2.24, 2.45) is 16.2 Å². The highest BCUT2D eigenvalue weighted by Crippen LogP contribution is 2.65. The number of phenols is 1. The van der Waals surface area contributed by atoms with Gasteiger partial charge in [-0.15, -0.1) is 0 Å². The molecule has 6 heteroatoms. The lowest BCUT2D eigenvalue weighted by atomic mass is 9.42. The van der Waals surface area contributed by atoms with Crippen LogP contribution in [0.5, 0.6) is 5.75 Å². The van der Waals surface area contributed by atoms with Gasteiger partial charge in [0.1, 0.15) is 11.5 Å². The van der Waals surface area contributed by atoms with Gasteiger partial charge in [-0.1, -0.05) is 25.5 Å². The number of furan rings is 1. The van der Waals surface area contributed by atoms with Gasteiger partial charge in [-0.25, -0.2) is 0 Å². The molecule has 0 saturated heterocycles. The fraction of sp³-hybridized carbons (Fsp3) is 0.393. The van der Waals surface area contributed by atoms with Crippen LogP contribution in [0.15, 0.2) is 51.9 Å². The third-order valence-corrected chi connectivity index (χ3v) is 8.55. The van der Waals surface area contributed by atoms with E-state index in [0.29, 0.717) is 24.8 Å². The van der Waals surface area contributed by atoms with Crippen LogP contribution in [0.3, 0.4) is 0 Å². The summed E-state index contributed by atoms with van der Waals surface area (Å²) < 4.78 is 5.26. The molecule has 1 saturated carbocycles. The zero-order valence-corrected chi connectivity index (χ0v) is 20.0. The molecule has 0 radical (unpaired) electrons. The van der Waals surface area contributed by atoms with E-state index in [4.69, 9.17) is 4.42 Å². The van der Waals surface area contributed by atoms with Crippen LogP contribution < -0.4 is 0 Å². The van der Waals surface area contributed by atoms with E-state index in [0.717, 1.165) is 16.7 Å². The summed E-state index contributed by atoms with van der Waals surface area (Å²) in [6, 6.07) is 5.09. The first-order valence-corrected chi connectivity index (χ1v) is 11.5. The maximum Gasteiger partial charge on any atom is 0.180 e. The number of carbonyl (C=O) groups is 3. The van der Waals surface area contributed by atoms with Crippen molar-refractivity contribution in [1.82, 2.24) is 0 Å². The van der Waals surface area contributed by atoms with Gasteiger partial charge in [0.2, 0.25) is 0 Å². The van der Waals surface area contributed by atoms with Crippen molar-refractivity contribution >= 4 is 23.1 Å². The highest BCUT2D eigenvalue weighted by Gasteiger charge is 2.67. The molecular weight excluding hydrogens is 432 g/mol. The molecular formula is C28H28O6. The highest BCUT2D eigenvalue weighted by molar-refractivity contribution is 6.31. The molecule has 0 unspecified atom stereocenters. The second kappa shape index (κ2) is 6.81. The van der Waals surface area contributed by atoms with E-state index in [1.54, 1.807) is 32.4 Å². The molecule has 3 aliphatic carbocycles. The van der Waals surface area contributed by atoms with E-state index in [9.17, 15) is 24.6 Å². The quantitative estimate of drug-likeness (QED) is 0.463. The van der Waals surface area contributed by atoms with Crippen LogP contribution in [0.25, 0.3) is 16.9 Å². The fourth-order valence-corrected chi connectivity index (χ4v) is 6.95. The summed E-state index contributed by atoms with van der Waals surface area (Å²) in [5.41, 5.74) is 0.576.